The van der Waals surface area contributed by atoms with Crippen molar-refractivity contribution in [3.05, 3.63) is 48.0 Å². The standard InChI is InChI=1S/C21H29N3OS2/c1-26-14-17(22)12-23-10-11-24(13-18(23)15-27-2)21(25)20-9-5-7-16-6-3-4-8-19(16)20/h3-9,17-18H,10-15,22H2,1-2H3/t17-,18-/m1/s1. The first-order valence-electron chi connectivity index (χ1n) is 9.38. The van der Waals surface area contributed by atoms with E-state index in [4.69, 9.17) is 5.73 Å². The molecule has 146 valence electrons. The molecule has 1 aliphatic rings. The molecule has 0 aliphatic carbocycles. The highest BCUT2D eigenvalue weighted by Gasteiger charge is 2.30. The zero-order valence-corrected chi connectivity index (χ0v) is 17.8. The number of benzene rings is 2. The van der Waals surface area contributed by atoms with Crippen molar-refractivity contribution in [3.63, 3.8) is 0 Å². The van der Waals surface area contributed by atoms with Gasteiger partial charge in [-0.1, -0.05) is 36.4 Å². The van der Waals surface area contributed by atoms with E-state index >= 15 is 0 Å². The van der Waals surface area contributed by atoms with Gasteiger partial charge in [-0.05, 0) is 29.4 Å². The summed E-state index contributed by atoms with van der Waals surface area (Å²) in [4.78, 5) is 17.8. The van der Waals surface area contributed by atoms with Gasteiger partial charge in [-0.15, -0.1) is 0 Å². The number of piperazine rings is 1. The Morgan fingerprint density at radius 1 is 1.15 bits per heavy atom. The van der Waals surface area contributed by atoms with Crippen LogP contribution in [0.2, 0.25) is 0 Å². The third-order valence-corrected chi connectivity index (χ3v) is 6.60. The normalized spacial score (nSPS) is 19.4. The fourth-order valence-electron chi connectivity index (χ4n) is 3.82. The first-order valence-corrected chi connectivity index (χ1v) is 12.2. The van der Waals surface area contributed by atoms with E-state index in [1.54, 1.807) is 11.8 Å². The number of hydrogen-bond acceptors (Lipinski definition) is 5. The molecule has 0 spiro atoms. The maximum Gasteiger partial charge on any atom is 0.254 e. The van der Waals surface area contributed by atoms with Gasteiger partial charge in [0.15, 0.2) is 0 Å². The van der Waals surface area contributed by atoms with Crippen LogP contribution in [0.25, 0.3) is 10.8 Å². The fourth-order valence-corrected chi connectivity index (χ4v) is 5.05. The van der Waals surface area contributed by atoms with Crippen LogP contribution in [-0.4, -0.2) is 78.0 Å². The molecule has 3 rings (SSSR count). The Hall–Kier alpha value is -1.21. The summed E-state index contributed by atoms with van der Waals surface area (Å²) >= 11 is 3.63. The number of thioether (sulfide) groups is 2. The van der Waals surface area contributed by atoms with Gasteiger partial charge in [0.2, 0.25) is 0 Å². The predicted octanol–water partition coefficient (Wildman–Crippen LogP) is 3.02. The van der Waals surface area contributed by atoms with Gasteiger partial charge in [0.25, 0.3) is 5.91 Å². The quantitative estimate of drug-likeness (QED) is 0.770. The minimum absolute atomic E-state index is 0.144. The topological polar surface area (TPSA) is 49.6 Å². The number of hydrogen-bond donors (Lipinski definition) is 1. The van der Waals surface area contributed by atoms with Crippen molar-refractivity contribution in [2.24, 2.45) is 5.73 Å². The van der Waals surface area contributed by atoms with E-state index in [0.717, 1.165) is 54.0 Å². The monoisotopic (exact) mass is 403 g/mol. The maximum atomic E-state index is 13.3. The summed E-state index contributed by atoms with van der Waals surface area (Å²) in [5.41, 5.74) is 7.08. The van der Waals surface area contributed by atoms with Crippen LogP contribution in [0, 0.1) is 0 Å². The summed E-state index contributed by atoms with van der Waals surface area (Å²) in [7, 11) is 0. The molecule has 27 heavy (non-hydrogen) atoms. The highest BCUT2D eigenvalue weighted by Crippen LogP contribution is 2.22. The SMILES string of the molecule is CSC[C@H](N)CN1CCN(C(=O)c2cccc3ccccc23)C[C@@H]1CSC. The molecule has 0 saturated carbocycles. The van der Waals surface area contributed by atoms with E-state index in [0.29, 0.717) is 6.04 Å². The maximum absolute atomic E-state index is 13.3. The minimum atomic E-state index is 0.144. The Kier molecular flexibility index (Phi) is 7.47. The number of fused-ring (bicyclic) bond motifs is 1. The Morgan fingerprint density at radius 2 is 1.93 bits per heavy atom. The van der Waals surface area contributed by atoms with Crippen molar-refractivity contribution in [2.45, 2.75) is 12.1 Å². The molecule has 2 N–H and O–H groups in total. The molecule has 0 radical (unpaired) electrons. The molecule has 0 unspecified atom stereocenters. The van der Waals surface area contributed by atoms with E-state index in [1.807, 2.05) is 47.0 Å². The number of carbonyl (C=O) groups is 1. The summed E-state index contributed by atoms with van der Waals surface area (Å²) in [6.07, 6.45) is 4.23. The molecule has 0 bridgehead atoms. The molecule has 1 fully saturated rings. The number of nitrogens with two attached hydrogens (primary N) is 1. The number of amides is 1. The van der Waals surface area contributed by atoms with Crippen LogP contribution in [0.1, 0.15) is 10.4 Å². The second-order valence-electron chi connectivity index (χ2n) is 7.10. The van der Waals surface area contributed by atoms with Gasteiger partial charge in [0.1, 0.15) is 0 Å². The summed E-state index contributed by atoms with van der Waals surface area (Å²) in [5.74, 6) is 2.14. The van der Waals surface area contributed by atoms with Gasteiger partial charge in [-0.3, -0.25) is 9.69 Å². The zero-order valence-electron chi connectivity index (χ0n) is 16.1. The first kappa shape index (κ1) is 20.5. The minimum Gasteiger partial charge on any atom is -0.336 e. The van der Waals surface area contributed by atoms with Crippen molar-refractivity contribution < 1.29 is 4.79 Å². The number of rotatable bonds is 7. The molecular formula is C21H29N3OS2. The largest absolute Gasteiger partial charge is 0.336 e. The molecule has 1 aliphatic heterocycles. The van der Waals surface area contributed by atoms with E-state index in [-0.39, 0.29) is 11.9 Å². The van der Waals surface area contributed by atoms with Crippen molar-refractivity contribution in [2.75, 3.05) is 50.2 Å². The molecule has 1 heterocycles. The lowest BCUT2D eigenvalue weighted by Gasteiger charge is -2.42. The van der Waals surface area contributed by atoms with Gasteiger partial charge in [0.05, 0.1) is 0 Å². The highest BCUT2D eigenvalue weighted by atomic mass is 32.2. The number of nitrogens with zero attached hydrogens (tertiary/aromatic N) is 2. The lowest BCUT2D eigenvalue weighted by molar-refractivity contribution is 0.0516. The van der Waals surface area contributed by atoms with Crippen LogP contribution in [-0.2, 0) is 0 Å². The molecule has 0 aromatic heterocycles. The summed E-state index contributed by atoms with van der Waals surface area (Å²) in [5, 5.41) is 2.15. The molecule has 4 nitrogen and oxygen atoms in total. The second-order valence-corrected chi connectivity index (χ2v) is 8.92. The summed E-state index contributed by atoms with van der Waals surface area (Å²) < 4.78 is 0. The third kappa shape index (κ3) is 4.99. The van der Waals surface area contributed by atoms with Crippen LogP contribution in [0.3, 0.4) is 0 Å². The molecule has 1 amide bonds. The van der Waals surface area contributed by atoms with Crippen LogP contribution >= 0.6 is 23.5 Å². The van der Waals surface area contributed by atoms with E-state index in [1.165, 1.54) is 0 Å². The van der Waals surface area contributed by atoms with Crippen molar-refractivity contribution in [3.8, 4) is 0 Å². The smallest absolute Gasteiger partial charge is 0.254 e. The van der Waals surface area contributed by atoms with E-state index < -0.39 is 0 Å². The second kappa shape index (κ2) is 9.82. The Labute approximate surface area is 170 Å². The molecular weight excluding hydrogens is 374 g/mol. The lowest BCUT2D eigenvalue weighted by atomic mass is 10.0. The molecule has 2 aromatic carbocycles. The van der Waals surface area contributed by atoms with Crippen molar-refractivity contribution in [1.29, 1.82) is 0 Å². The fraction of sp³-hybridized carbons (Fsp3) is 0.476. The molecule has 2 aromatic rings. The number of carbonyl (C=O) groups excluding carboxylic acids is 1. The van der Waals surface area contributed by atoms with Crippen LogP contribution in [0.5, 0.6) is 0 Å². The first-order chi connectivity index (χ1) is 13.1. The molecule has 6 heteroatoms. The average molecular weight is 404 g/mol. The van der Waals surface area contributed by atoms with Crippen molar-refractivity contribution >= 4 is 40.2 Å². The molecule has 2 atom stereocenters. The van der Waals surface area contributed by atoms with E-state index in [2.05, 4.69) is 29.5 Å². The van der Waals surface area contributed by atoms with Gasteiger partial charge in [-0.25, -0.2) is 0 Å². The Morgan fingerprint density at radius 3 is 2.70 bits per heavy atom. The van der Waals surface area contributed by atoms with Gasteiger partial charge >= 0.3 is 0 Å². The van der Waals surface area contributed by atoms with Crippen LogP contribution in [0.15, 0.2) is 42.5 Å². The zero-order chi connectivity index (χ0) is 19.2. The molecule has 1 saturated heterocycles. The van der Waals surface area contributed by atoms with Gasteiger partial charge in [0, 0.05) is 55.3 Å². The van der Waals surface area contributed by atoms with Crippen molar-refractivity contribution in [1.82, 2.24) is 9.80 Å². The Bertz CT molecular complexity index is 765. The van der Waals surface area contributed by atoms with E-state index in [9.17, 15) is 4.79 Å². The third-order valence-electron chi connectivity index (χ3n) is 5.12. The van der Waals surface area contributed by atoms with Crippen LogP contribution in [0.4, 0.5) is 0 Å². The summed E-state index contributed by atoms with van der Waals surface area (Å²) in [6.45, 7) is 3.33. The Balaban J connectivity index is 1.75. The highest BCUT2D eigenvalue weighted by molar-refractivity contribution is 7.98. The predicted molar refractivity (Wildman–Crippen MR) is 120 cm³/mol. The summed E-state index contributed by atoms with van der Waals surface area (Å²) in [6, 6.07) is 14.7. The lowest BCUT2D eigenvalue weighted by Crippen LogP contribution is -2.58. The van der Waals surface area contributed by atoms with Gasteiger partial charge < -0.3 is 10.6 Å². The van der Waals surface area contributed by atoms with Gasteiger partial charge in [-0.2, -0.15) is 23.5 Å². The van der Waals surface area contributed by atoms with Crippen LogP contribution < -0.4 is 5.73 Å². The average Bonchev–Trinajstić information content (AvgIpc) is 2.68.